The highest BCUT2D eigenvalue weighted by Gasteiger charge is 2.23. The topological polar surface area (TPSA) is 42.7 Å². The summed E-state index contributed by atoms with van der Waals surface area (Å²) in [4.78, 5) is 0. The molecule has 106 valence electrons. The molecule has 2 heterocycles. The summed E-state index contributed by atoms with van der Waals surface area (Å²) in [5.74, 6) is 4.08. The van der Waals surface area contributed by atoms with Crippen LogP contribution in [-0.4, -0.2) is 21.3 Å². The van der Waals surface area contributed by atoms with E-state index in [-0.39, 0.29) is 0 Å². The Kier molecular flexibility index (Phi) is 3.87. The summed E-state index contributed by atoms with van der Waals surface area (Å²) in [5, 5.41) is 12.3. The molecule has 1 aliphatic heterocycles. The molecule has 0 saturated heterocycles. The maximum absolute atomic E-state index is 4.37. The van der Waals surface area contributed by atoms with Gasteiger partial charge in [-0.05, 0) is 44.6 Å². The molecule has 4 nitrogen and oxygen atoms in total. The van der Waals surface area contributed by atoms with Crippen molar-refractivity contribution in [1.29, 1.82) is 0 Å². The second-order valence-electron chi connectivity index (χ2n) is 6.50. The molecule has 3 unspecified atom stereocenters. The van der Waals surface area contributed by atoms with Gasteiger partial charge in [-0.15, -0.1) is 10.2 Å². The molecular weight excluding hydrogens is 236 g/mol. The van der Waals surface area contributed by atoms with Gasteiger partial charge in [0, 0.05) is 13.0 Å². The Balaban J connectivity index is 1.54. The standard InChI is InChI=1S/C15H26N4/c1-11-5-3-6-13(9-11)10-16-12(2)15-18-17-14-7-4-8-19(14)15/h11-13,16H,3-10H2,1-2H3. The Labute approximate surface area is 116 Å². The van der Waals surface area contributed by atoms with Crippen molar-refractivity contribution >= 4 is 0 Å². The fourth-order valence-corrected chi connectivity index (χ4v) is 3.67. The highest BCUT2D eigenvalue weighted by Crippen LogP contribution is 2.28. The lowest BCUT2D eigenvalue weighted by atomic mass is 9.82. The largest absolute Gasteiger partial charge is 0.314 e. The van der Waals surface area contributed by atoms with Gasteiger partial charge >= 0.3 is 0 Å². The Morgan fingerprint density at radius 2 is 2.21 bits per heavy atom. The summed E-state index contributed by atoms with van der Waals surface area (Å²) in [5.41, 5.74) is 0. The normalized spacial score (nSPS) is 28.3. The predicted molar refractivity (Wildman–Crippen MR) is 75.9 cm³/mol. The Bertz CT molecular complexity index is 426. The van der Waals surface area contributed by atoms with Gasteiger partial charge in [-0.1, -0.05) is 19.8 Å². The molecule has 2 aliphatic rings. The summed E-state index contributed by atoms with van der Waals surface area (Å²) in [6, 6.07) is 0.330. The zero-order chi connectivity index (χ0) is 13.2. The molecule has 1 aliphatic carbocycles. The predicted octanol–water partition coefficient (Wildman–Crippen LogP) is 2.70. The fraction of sp³-hybridized carbons (Fsp3) is 0.867. The van der Waals surface area contributed by atoms with Crippen LogP contribution in [0, 0.1) is 11.8 Å². The Morgan fingerprint density at radius 3 is 3.05 bits per heavy atom. The van der Waals surface area contributed by atoms with E-state index in [0.29, 0.717) is 6.04 Å². The summed E-state index contributed by atoms with van der Waals surface area (Å²) >= 11 is 0. The minimum atomic E-state index is 0.330. The van der Waals surface area contributed by atoms with Gasteiger partial charge in [0.15, 0.2) is 0 Å². The Morgan fingerprint density at radius 1 is 1.32 bits per heavy atom. The van der Waals surface area contributed by atoms with Crippen molar-refractivity contribution in [2.45, 2.75) is 65.0 Å². The van der Waals surface area contributed by atoms with Gasteiger partial charge in [-0.2, -0.15) is 0 Å². The van der Waals surface area contributed by atoms with Crippen molar-refractivity contribution in [3.8, 4) is 0 Å². The minimum Gasteiger partial charge on any atom is -0.314 e. The quantitative estimate of drug-likeness (QED) is 0.907. The lowest BCUT2D eigenvalue weighted by molar-refractivity contribution is 0.267. The molecule has 0 aromatic carbocycles. The summed E-state index contributed by atoms with van der Waals surface area (Å²) < 4.78 is 2.31. The van der Waals surface area contributed by atoms with Crippen LogP contribution in [0.1, 0.15) is 63.6 Å². The molecule has 0 spiro atoms. The van der Waals surface area contributed by atoms with Crippen molar-refractivity contribution in [1.82, 2.24) is 20.1 Å². The van der Waals surface area contributed by atoms with E-state index >= 15 is 0 Å². The number of nitrogens with one attached hydrogen (secondary N) is 1. The number of aryl methyl sites for hydroxylation is 1. The van der Waals surface area contributed by atoms with Gasteiger partial charge in [0.05, 0.1) is 6.04 Å². The summed E-state index contributed by atoms with van der Waals surface area (Å²) in [7, 11) is 0. The zero-order valence-corrected chi connectivity index (χ0v) is 12.2. The van der Waals surface area contributed by atoms with Crippen LogP contribution in [0.5, 0.6) is 0 Å². The molecule has 0 bridgehead atoms. The molecule has 1 aromatic rings. The fourth-order valence-electron chi connectivity index (χ4n) is 3.67. The number of rotatable bonds is 4. The lowest BCUT2D eigenvalue weighted by Gasteiger charge is -2.28. The first kappa shape index (κ1) is 13.1. The van der Waals surface area contributed by atoms with Crippen LogP contribution in [0.4, 0.5) is 0 Å². The highest BCUT2D eigenvalue weighted by atomic mass is 15.3. The molecule has 0 amide bonds. The molecule has 1 aromatic heterocycles. The van der Waals surface area contributed by atoms with Crippen molar-refractivity contribution in [3.63, 3.8) is 0 Å². The first-order valence-corrected chi connectivity index (χ1v) is 7.89. The molecule has 1 saturated carbocycles. The highest BCUT2D eigenvalue weighted by molar-refractivity contribution is 5.04. The van der Waals surface area contributed by atoms with Crippen LogP contribution < -0.4 is 5.32 Å². The average molecular weight is 262 g/mol. The molecule has 1 N–H and O–H groups in total. The molecule has 0 radical (unpaired) electrons. The van der Waals surface area contributed by atoms with E-state index in [2.05, 4.69) is 33.9 Å². The van der Waals surface area contributed by atoms with Gasteiger partial charge in [0.25, 0.3) is 0 Å². The first-order chi connectivity index (χ1) is 9.24. The van der Waals surface area contributed by atoms with Crippen LogP contribution in [0.3, 0.4) is 0 Å². The molecule has 3 atom stereocenters. The zero-order valence-electron chi connectivity index (χ0n) is 12.2. The summed E-state index contributed by atoms with van der Waals surface area (Å²) in [6.45, 7) is 6.85. The second kappa shape index (κ2) is 5.61. The van der Waals surface area contributed by atoms with Crippen LogP contribution in [0.25, 0.3) is 0 Å². The number of hydrogen-bond donors (Lipinski definition) is 1. The molecule has 19 heavy (non-hydrogen) atoms. The van der Waals surface area contributed by atoms with E-state index in [0.717, 1.165) is 37.2 Å². The van der Waals surface area contributed by atoms with E-state index in [9.17, 15) is 0 Å². The SMILES string of the molecule is CC1CCCC(CNC(C)c2nnc3n2CCC3)C1. The van der Waals surface area contributed by atoms with E-state index in [1.54, 1.807) is 0 Å². The van der Waals surface area contributed by atoms with Crippen LogP contribution in [0.15, 0.2) is 0 Å². The first-order valence-electron chi connectivity index (χ1n) is 7.89. The monoisotopic (exact) mass is 262 g/mol. The van der Waals surface area contributed by atoms with Crippen LogP contribution >= 0.6 is 0 Å². The van der Waals surface area contributed by atoms with Crippen molar-refractivity contribution in [2.24, 2.45) is 11.8 Å². The van der Waals surface area contributed by atoms with Crippen molar-refractivity contribution < 1.29 is 0 Å². The van der Waals surface area contributed by atoms with E-state index in [1.807, 2.05) is 0 Å². The van der Waals surface area contributed by atoms with E-state index < -0.39 is 0 Å². The number of nitrogens with zero attached hydrogens (tertiary/aromatic N) is 3. The minimum absolute atomic E-state index is 0.330. The Hall–Kier alpha value is -0.900. The molecule has 1 fully saturated rings. The van der Waals surface area contributed by atoms with Crippen LogP contribution in [-0.2, 0) is 13.0 Å². The third kappa shape index (κ3) is 2.83. The smallest absolute Gasteiger partial charge is 0.149 e. The number of fused-ring (bicyclic) bond motifs is 1. The van der Waals surface area contributed by atoms with Gasteiger partial charge in [-0.3, -0.25) is 0 Å². The van der Waals surface area contributed by atoms with Gasteiger partial charge in [0.1, 0.15) is 11.6 Å². The maximum Gasteiger partial charge on any atom is 0.149 e. The van der Waals surface area contributed by atoms with Gasteiger partial charge in [0.2, 0.25) is 0 Å². The third-order valence-electron chi connectivity index (χ3n) is 4.78. The van der Waals surface area contributed by atoms with Crippen LogP contribution in [0.2, 0.25) is 0 Å². The number of aromatic nitrogens is 3. The molecular formula is C15H26N4. The third-order valence-corrected chi connectivity index (χ3v) is 4.78. The van der Waals surface area contributed by atoms with Gasteiger partial charge in [-0.25, -0.2) is 0 Å². The molecule has 3 rings (SSSR count). The second-order valence-corrected chi connectivity index (χ2v) is 6.50. The molecule has 4 heteroatoms. The average Bonchev–Trinajstić information content (AvgIpc) is 2.98. The number of hydrogen-bond acceptors (Lipinski definition) is 3. The van der Waals surface area contributed by atoms with Gasteiger partial charge < -0.3 is 9.88 Å². The van der Waals surface area contributed by atoms with Crippen molar-refractivity contribution in [3.05, 3.63) is 11.6 Å². The lowest BCUT2D eigenvalue weighted by Crippen LogP contribution is -2.30. The van der Waals surface area contributed by atoms with Crippen molar-refractivity contribution in [2.75, 3.05) is 6.54 Å². The summed E-state index contributed by atoms with van der Waals surface area (Å²) in [6.07, 6.45) is 7.93. The maximum atomic E-state index is 4.37. The van der Waals surface area contributed by atoms with E-state index in [1.165, 1.54) is 37.9 Å². The van der Waals surface area contributed by atoms with E-state index in [4.69, 9.17) is 0 Å².